The zero-order chi connectivity index (χ0) is 18.9. The summed E-state index contributed by atoms with van der Waals surface area (Å²) in [4.78, 5) is 37.0. The Bertz CT molecular complexity index is 653. The highest BCUT2D eigenvalue weighted by atomic mass is 35.5. The average molecular weight is 381 g/mol. The lowest BCUT2D eigenvalue weighted by Crippen LogP contribution is -2.49. The summed E-state index contributed by atoms with van der Waals surface area (Å²) in [6.45, 7) is 4.08. The molecule has 1 atom stereocenters. The predicted octanol–water partition coefficient (Wildman–Crippen LogP) is 0.845. The van der Waals surface area contributed by atoms with Crippen LogP contribution in [-0.4, -0.2) is 55.3 Å². The van der Waals surface area contributed by atoms with Crippen molar-refractivity contribution in [3.63, 3.8) is 0 Å². The number of carbonyl (C=O) groups excluding carboxylic acids is 3. The normalized spacial score (nSPS) is 16.8. The van der Waals surface area contributed by atoms with E-state index in [-0.39, 0.29) is 36.6 Å². The number of nitrogens with zero attached hydrogens (tertiary/aromatic N) is 1. The Labute approximate surface area is 158 Å². The molecule has 1 aromatic rings. The summed E-state index contributed by atoms with van der Waals surface area (Å²) in [5.41, 5.74) is 0.912. The molecule has 1 aliphatic heterocycles. The molecule has 3 N–H and O–H groups in total. The fraction of sp³-hybridized carbons (Fsp3) is 0.500. The molecule has 7 nitrogen and oxygen atoms in total. The molecule has 142 valence electrons. The summed E-state index contributed by atoms with van der Waals surface area (Å²) in [5.74, 6) is -0.402. The minimum Gasteiger partial charge on any atom is -0.355 e. The van der Waals surface area contributed by atoms with Gasteiger partial charge in [0.1, 0.15) is 0 Å². The largest absolute Gasteiger partial charge is 0.355 e. The van der Waals surface area contributed by atoms with Gasteiger partial charge in [-0.05, 0) is 11.6 Å². The summed E-state index contributed by atoms with van der Waals surface area (Å²) >= 11 is 6.29. The van der Waals surface area contributed by atoms with Crippen molar-refractivity contribution in [3.05, 3.63) is 34.9 Å². The molecule has 1 heterocycles. The van der Waals surface area contributed by atoms with Crippen molar-refractivity contribution in [1.29, 1.82) is 0 Å². The van der Waals surface area contributed by atoms with Gasteiger partial charge in [0, 0.05) is 57.5 Å². The molecule has 0 bridgehead atoms. The van der Waals surface area contributed by atoms with E-state index < -0.39 is 0 Å². The van der Waals surface area contributed by atoms with Crippen molar-refractivity contribution in [1.82, 2.24) is 20.9 Å². The van der Waals surface area contributed by atoms with Crippen LogP contribution >= 0.6 is 11.6 Å². The maximum absolute atomic E-state index is 12.6. The lowest BCUT2D eigenvalue weighted by molar-refractivity contribution is -0.136. The van der Waals surface area contributed by atoms with Crippen molar-refractivity contribution >= 4 is 29.3 Å². The highest BCUT2D eigenvalue weighted by Crippen LogP contribution is 2.28. The average Bonchev–Trinajstić information content (AvgIpc) is 2.63. The molecule has 1 saturated heterocycles. The minimum absolute atomic E-state index is 0.0616. The van der Waals surface area contributed by atoms with Crippen LogP contribution in [0.2, 0.25) is 5.02 Å². The summed E-state index contributed by atoms with van der Waals surface area (Å²) in [6.07, 6.45) is 0.269. The Balaban J connectivity index is 1.85. The van der Waals surface area contributed by atoms with Crippen molar-refractivity contribution in [3.8, 4) is 0 Å². The molecule has 0 spiro atoms. The van der Waals surface area contributed by atoms with Crippen LogP contribution in [0.5, 0.6) is 0 Å². The molecule has 1 aromatic carbocycles. The molecule has 3 amide bonds. The van der Waals surface area contributed by atoms with Gasteiger partial charge in [0.25, 0.3) is 0 Å². The first kappa shape index (κ1) is 20.2. The molecule has 1 unspecified atom stereocenters. The van der Waals surface area contributed by atoms with Gasteiger partial charge in [-0.25, -0.2) is 0 Å². The van der Waals surface area contributed by atoms with E-state index in [9.17, 15) is 14.4 Å². The van der Waals surface area contributed by atoms with Crippen LogP contribution in [0.15, 0.2) is 24.3 Å². The Hall–Kier alpha value is -2.12. The van der Waals surface area contributed by atoms with E-state index >= 15 is 0 Å². The first-order valence-electron chi connectivity index (χ1n) is 8.74. The second-order valence-electron chi connectivity index (χ2n) is 6.16. The smallest absolute Gasteiger partial charge is 0.223 e. The van der Waals surface area contributed by atoms with Crippen molar-refractivity contribution in [2.75, 3.05) is 32.7 Å². The van der Waals surface area contributed by atoms with Crippen molar-refractivity contribution in [2.45, 2.75) is 25.8 Å². The zero-order valence-corrected chi connectivity index (χ0v) is 15.6. The van der Waals surface area contributed by atoms with Gasteiger partial charge < -0.3 is 20.9 Å². The van der Waals surface area contributed by atoms with Gasteiger partial charge in [-0.2, -0.15) is 0 Å². The number of hydrogen-bond donors (Lipinski definition) is 3. The molecule has 2 rings (SSSR count). The first-order chi connectivity index (χ1) is 12.5. The van der Waals surface area contributed by atoms with Crippen molar-refractivity contribution in [2.24, 2.45) is 0 Å². The molecule has 0 aliphatic carbocycles. The second kappa shape index (κ2) is 10.1. The predicted molar refractivity (Wildman–Crippen MR) is 99.7 cm³/mol. The van der Waals surface area contributed by atoms with Gasteiger partial charge in [-0.3, -0.25) is 14.4 Å². The Morgan fingerprint density at radius 3 is 2.65 bits per heavy atom. The summed E-state index contributed by atoms with van der Waals surface area (Å²) in [5, 5.41) is 9.21. The number of hydrogen-bond acceptors (Lipinski definition) is 4. The molecule has 0 radical (unpaired) electrons. The Morgan fingerprint density at radius 2 is 1.92 bits per heavy atom. The standard InChI is InChI=1S/C18H25ClN4O3/c1-13(24)21-8-9-22-17(25)6-7-18(26)23-11-10-20-12-16(23)14-4-2-3-5-15(14)19/h2-5,16,20H,6-12H2,1H3,(H,21,24)(H,22,25). The number of nitrogens with one attached hydrogen (secondary N) is 3. The maximum atomic E-state index is 12.6. The number of halogens is 1. The molecule has 26 heavy (non-hydrogen) atoms. The van der Waals surface area contributed by atoms with Gasteiger partial charge in [0.2, 0.25) is 17.7 Å². The van der Waals surface area contributed by atoms with Gasteiger partial charge in [-0.15, -0.1) is 0 Å². The molecule has 8 heteroatoms. The van der Waals surface area contributed by atoms with Crippen LogP contribution in [0.4, 0.5) is 0 Å². The van der Waals surface area contributed by atoms with Crippen LogP contribution in [0.1, 0.15) is 31.4 Å². The number of piperazine rings is 1. The lowest BCUT2D eigenvalue weighted by Gasteiger charge is -2.37. The van der Waals surface area contributed by atoms with Crippen LogP contribution in [-0.2, 0) is 14.4 Å². The van der Waals surface area contributed by atoms with Gasteiger partial charge in [0.15, 0.2) is 0 Å². The Kier molecular flexibility index (Phi) is 7.87. The van der Waals surface area contributed by atoms with Crippen LogP contribution in [0.3, 0.4) is 0 Å². The van der Waals surface area contributed by atoms with E-state index in [0.29, 0.717) is 31.2 Å². The zero-order valence-electron chi connectivity index (χ0n) is 14.9. The monoisotopic (exact) mass is 380 g/mol. The third-order valence-electron chi connectivity index (χ3n) is 4.22. The third kappa shape index (κ3) is 6.00. The SMILES string of the molecule is CC(=O)NCCNC(=O)CCC(=O)N1CCNCC1c1ccccc1Cl. The fourth-order valence-corrected chi connectivity index (χ4v) is 3.18. The highest BCUT2D eigenvalue weighted by molar-refractivity contribution is 6.31. The summed E-state index contributed by atoms with van der Waals surface area (Å²) < 4.78 is 0. The Morgan fingerprint density at radius 1 is 1.19 bits per heavy atom. The highest BCUT2D eigenvalue weighted by Gasteiger charge is 2.29. The molecule has 0 aromatic heterocycles. The maximum Gasteiger partial charge on any atom is 0.223 e. The van der Waals surface area contributed by atoms with E-state index in [0.717, 1.165) is 12.1 Å². The van der Waals surface area contributed by atoms with E-state index in [2.05, 4.69) is 16.0 Å². The van der Waals surface area contributed by atoms with E-state index in [1.165, 1.54) is 6.92 Å². The van der Waals surface area contributed by atoms with E-state index in [1.54, 1.807) is 4.90 Å². The lowest BCUT2D eigenvalue weighted by atomic mass is 10.0. The molecule has 0 saturated carbocycles. The van der Waals surface area contributed by atoms with Crippen LogP contribution in [0.25, 0.3) is 0 Å². The van der Waals surface area contributed by atoms with E-state index in [1.807, 2.05) is 24.3 Å². The molecule has 1 aliphatic rings. The van der Waals surface area contributed by atoms with Gasteiger partial charge >= 0.3 is 0 Å². The number of benzene rings is 1. The number of amides is 3. The minimum atomic E-state index is -0.201. The third-order valence-corrected chi connectivity index (χ3v) is 4.56. The van der Waals surface area contributed by atoms with Gasteiger partial charge in [0.05, 0.1) is 6.04 Å². The molecular formula is C18H25ClN4O3. The fourth-order valence-electron chi connectivity index (χ4n) is 2.92. The van der Waals surface area contributed by atoms with E-state index in [4.69, 9.17) is 11.6 Å². The second-order valence-corrected chi connectivity index (χ2v) is 6.57. The topological polar surface area (TPSA) is 90.5 Å². The van der Waals surface area contributed by atoms with Gasteiger partial charge in [-0.1, -0.05) is 29.8 Å². The first-order valence-corrected chi connectivity index (χ1v) is 9.12. The number of rotatable bonds is 7. The molecule has 1 fully saturated rings. The van der Waals surface area contributed by atoms with Crippen LogP contribution in [0, 0.1) is 0 Å². The quantitative estimate of drug-likeness (QED) is 0.611. The number of carbonyl (C=O) groups is 3. The summed E-state index contributed by atoms with van der Waals surface area (Å²) in [7, 11) is 0. The summed E-state index contributed by atoms with van der Waals surface area (Å²) in [6, 6.07) is 7.37. The van der Waals surface area contributed by atoms with Crippen molar-refractivity contribution < 1.29 is 14.4 Å². The van der Waals surface area contributed by atoms with Crippen LogP contribution < -0.4 is 16.0 Å². The molecular weight excluding hydrogens is 356 g/mol.